The molecule has 2 aliphatic rings. The second kappa shape index (κ2) is 7.95. The Balaban J connectivity index is 1.44. The summed E-state index contributed by atoms with van der Waals surface area (Å²) in [6.45, 7) is 0.117. The highest BCUT2D eigenvalue weighted by molar-refractivity contribution is 6.12. The van der Waals surface area contributed by atoms with Gasteiger partial charge >= 0.3 is 6.16 Å². The number of benzene rings is 2. The van der Waals surface area contributed by atoms with Crippen LogP contribution in [0.3, 0.4) is 0 Å². The van der Waals surface area contributed by atoms with Crippen molar-refractivity contribution in [2.75, 3.05) is 19.8 Å². The number of hydrogen-bond donors (Lipinski definition) is 2. The van der Waals surface area contributed by atoms with E-state index in [-0.39, 0.29) is 24.9 Å². The molecule has 1 aliphatic carbocycles. The first-order valence-corrected chi connectivity index (χ1v) is 9.52. The lowest BCUT2D eigenvalue weighted by Gasteiger charge is -2.37. The standard InChI is InChI=1S/C21H23BO6/c22-17-11-26-18(9-23)19(24)20(17)28-21(25)27-10-16-14-7-3-1-5-12(14)13-6-2-4-8-15(13)16/h1-8,16-20,23-24H,9-11,22H2/t17?,18?,19?,20-/m0/s1. The molecule has 0 bridgehead atoms. The largest absolute Gasteiger partial charge is 0.508 e. The van der Waals surface area contributed by atoms with Crippen LogP contribution in [0.2, 0.25) is 5.82 Å². The summed E-state index contributed by atoms with van der Waals surface area (Å²) in [7, 11) is 1.82. The van der Waals surface area contributed by atoms with E-state index in [1.807, 2.05) is 44.2 Å². The van der Waals surface area contributed by atoms with Crippen molar-refractivity contribution in [3.63, 3.8) is 0 Å². The van der Waals surface area contributed by atoms with Crippen LogP contribution >= 0.6 is 0 Å². The van der Waals surface area contributed by atoms with Gasteiger partial charge in [0.1, 0.15) is 32.8 Å². The smallest absolute Gasteiger partial charge is 0.433 e. The number of hydrogen-bond acceptors (Lipinski definition) is 6. The van der Waals surface area contributed by atoms with Gasteiger partial charge in [-0.25, -0.2) is 4.79 Å². The minimum absolute atomic E-state index is 0.0535. The van der Waals surface area contributed by atoms with Gasteiger partial charge in [-0.15, -0.1) is 0 Å². The third kappa shape index (κ3) is 3.41. The first-order valence-electron chi connectivity index (χ1n) is 9.52. The molecular weight excluding hydrogens is 359 g/mol. The van der Waals surface area contributed by atoms with Gasteiger partial charge in [-0.05, 0) is 28.1 Å². The monoisotopic (exact) mass is 382 g/mol. The van der Waals surface area contributed by atoms with Gasteiger partial charge in [0.25, 0.3) is 0 Å². The number of carbonyl (C=O) groups excluding carboxylic acids is 1. The van der Waals surface area contributed by atoms with Gasteiger partial charge in [0, 0.05) is 12.5 Å². The Morgan fingerprint density at radius 3 is 2.32 bits per heavy atom. The van der Waals surface area contributed by atoms with Gasteiger partial charge in [0.15, 0.2) is 0 Å². The van der Waals surface area contributed by atoms with Crippen LogP contribution in [0.15, 0.2) is 48.5 Å². The Labute approximate surface area is 164 Å². The van der Waals surface area contributed by atoms with E-state index in [1.165, 1.54) is 0 Å². The Kier molecular flexibility index (Phi) is 5.39. The summed E-state index contributed by atoms with van der Waals surface area (Å²) >= 11 is 0. The van der Waals surface area contributed by atoms with Gasteiger partial charge in [0.05, 0.1) is 6.61 Å². The van der Waals surface area contributed by atoms with Crippen LogP contribution in [0.1, 0.15) is 17.0 Å². The SMILES string of the molecule is BC1COC(CO)C(O)[C@H]1OC(=O)OCC1c2ccccc2-c2ccccc21. The fourth-order valence-electron chi connectivity index (χ4n) is 4.10. The molecule has 2 N–H and O–H groups in total. The van der Waals surface area contributed by atoms with Crippen molar-refractivity contribution in [2.24, 2.45) is 0 Å². The molecule has 1 aliphatic heterocycles. The molecule has 0 amide bonds. The molecular formula is C21H23BO6. The Hall–Kier alpha value is -2.35. The van der Waals surface area contributed by atoms with E-state index >= 15 is 0 Å². The summed E-state index contributed by atoms with van der Waals surface area (Å²) in [5.74, 6) is -0.250. The highest BCUT2D eigenvalue weighted by Gasteiger charge is 2.40. The second-order valence-electron chi connectivity index (χ2n) is 7.39. The summed E-state index contributed by atoms with van der Waals surface area (Å²) in [6.07, 6.45) is -3.45. The van der Waals surface area contributed by atoms with Crippen molar-refractivity contribution in [1.29, 1.82) is 0 Å². The quantitative estimate of drug-likeness (QED) is 0.616. The zero-order valence-electron chi connectivity index (χ0n) is 15.7. The van der Waals surface area contributed by atoms with Crippen LogP contribution in [0, 0.1) is 0 Å². The molecule has 7 heteroatoms. The van der Waals surface area contributed by atoms with Crippen molar-refractivity contribution in [3.05, 3.63) is 59.7 Å². The molecule has 146 valence electrons. The lowest BCUT2D eigenvalue weighted by Crippen LogP contribution is -2.51. The minimum Gasteiger partial charge on any atom is -0.433 e. The molecule has 1 heterocycles. The molecule has 0 saturated carbocycles. The number of carbonyl (C=O) groups is 1. The Morgan fingerprint density at radius 1 is 1.11 bits per heavy atom. The number of rotatable bonds is 4. The van der Waals surface area contributed by atoms with Crippen molar-refractivity contribution < 1.29 is 29.2 Å². The summed E-state index contributed by atoms with van der Waals surface area (Å²) in [4.78, 5) is 12.3. The maximum Gasteiger partial charge on any atom is 0.508 e. The molecule has 2 aromatic carbocycles. The molecule has 28 heavy (non-hydrogen) atoms. The topological polar surface area (TPSA) is 85.2 Å². The molecule has 6 nitrogen and oxygen atoms in total. The zero-order valence-corrected chi connectivity index (χ0v) is 15.7. The zero-order chi connectivity index (χ0) is 19.7. The van der Waals surface area contributed by atoms with E-state index in [9.17, 15) is 15.0 Å². The first kappa shape index (κ1) is 19.0. The van der Waals surface area contributed by atoms with E-state index < -0.39 is 24.5 Å². The van der Waals surface area contributed by atoms with Crippen LogP contribution < -0.4 is 0 Å². The third-order valence-corrected chi connectivity index (χ3v) is 5.59. The number of fused-ring (bicyclic) bond motifs is 3. The molecule has 4 rings (SSSR count). The summed E-state index contributed by atoms with van der Waals surface area (Å²) in [5.41, 5.74) is 4.55. The molecule has 1 fully saturated rings. The normalized spacial score (nSPS) is 26.4. The van der Waals surface area contributed by atoms with Crippen molar-refractivity contribution in [2.45, 2.75) is 30.0 Å². The Bertz CT molecular complexity index is 811. The highest BCUT2D eigenvalue weighted by Crippen LogP contribution is 2.44. The number of aliphatic hydroxyl groups excluding tert-OH is 2. The van der Waals surface area contributed by atoms with E-state index in [1.54, 1.807) is 0 Å². The maximum absolute atomic E-state index is 12.3. The van der Waals surface area contributed by atoms with Crippen LogP contribution in [0.25, 0.3) is 11.1 Å². The van der Waals surface area contributed by atoms with E-state index in [0.717, 1.165) is 22.3 Å². The summed E-state index contributed by atoms with van der Waals surface area (Å²) in [5, 5.41) is 19.5. The van der Waals surface area contributed by atoms with Crippen LogP contribution in [0.5, 0.6) is 0 Å². The van der Waals surface area contributed by atoms with Gasteiger partial charge in [-0.2, -0.15) is 0 Å². The maximum atomic E-state index is 12.3. The van der Waals surface area contributed by atoms with Crippen molar-refractivity contribution in [3.8, 4) is 11.1 Å². The van der Waals surface area contributed by atoms with Crippen LogP contribution in [-0.4, -0.2) is 62.3 Å². The molecule has 0 spiro atoms. The first-order chi connectivity index (χ1) is 13.6. The molecule has 2 aromatic rings. The fourth-order valence-corrected chi connectivity index (χ4v) is 4.10. The average molecular weight is 382 g/mol. The Morgan fingerprint density at radius 2 is 1.71 bits per heavy atom. The third-order valence-electron chi connectivity index (χ3n) is 5.59. The van der Waals surface area contributed by atoms with Crippen molar-refractivity contribution >= 4 is 14.0 Å². The molecule has 1 saturated heterocycles. The highest BCUT2D eigenvalue weighted by atomic mass is 16.7. The van der Waals surface area contributed by atoms with Gasteiger partial charge in [0.2, 0.25) is 0 Å². The van der Waals surface area contributed by atoms with Gasteiger partial charge in [-0.3, -0.25) is 0 Å². The summed E-state index contributed by atoms with van der Waals surface area (Å²) in [6, 6.07) is 16.2. The van der Waals surface area contributed by atoms with Crippen LogP contribution in [0.4, 0.5) is 4.79 Å². The number of aliphatic hydroxyl groups is 2. The van der Waals surface area contributed by atoms with Gasteiger partial charge in [-0.1, -0.05) is 48.5 Å². The van der Waals surface area contributed by atoms with Gasteiger partial charge < -0.3 is 24.4 Å². The van der Waals surface area contributed by atoms with Crippen molar-refractivity contribution in [1.82, 2.24) is 0 Å². The summed E-state index contributed by atoms with van der Waals surface area (Å²) < 4.78 is 16.2. The predicted octanol–water partition coefficient (Wildman–Crippen LogP) is 1.49. The fraction of sp³-hybridized carbons (Fsp3) is 0.381. The lowest BCUT2D eigenvalue weighted by atomic mass is 9.78. The van der Waals surface area contributed by atoms with Crippen LogP contribution in [-0.2, 0) is 14.2 Å². The predicted molar refractivity (Wildman–Crippen MR) is 105 cm³/mol. The molecule has 4 atom stereocenters. The minimum atomic E-state index is -1.09. The molecule has 3 unspecified atom stereocenters. The average Bonchev–Trinajstić information content (AvgIpc) is 3.03. The van der Waals surface area contributed by atoms with E-state index in [0.29, 0.717) is 6.61 Å². The second-order valence-corrected chi connectivity index (χ2v) is 7.39. The van der Waals surface area contributed by atoms with E-state index in [2.05, 4.69) is 12.1 Å². The number of ether oxygens (including phenoxy) is 3. The van der Waals surface area contributed by atoms with E-state index in [4.69, 9.17) is 14.2 Å². The lowest BCUT2D eigenvalue weighted by molar-refractivity contribution is -0.154. The molecule has 0 aromatic heterocycles. The molecule has 0 radical (unpaired) electrons.